The lowest BCUT2D eigenvalue weighted by atomic mass is 10.2. The van der Waals surface area contributed by atoms with E-state index in [1.165, 1.54) is 16.9 Å². The Balaban J connectivity index is 1.57. The first-order valence-corrected chi connectivity index (χ1v) is 7.23. The molecule has 3 rings (SSSR count). The summed E-state index contributed by atoms with van der Waals surface area (Å²) in [6.07, 6.45) is 2.18. The summed E-state index contributed by atoms with van der Waals surface area (Å²) < 4.78 is 0. The SMILES string of the molecule is O=C(NC1CC1)c1csc(NCc2ccccc2)n1. The number of nitrogens with one attached hydrogen (secondary N) is 2. The lowest BCUT2D eigenvalue weighted by Crippen LogP contribution is -2.25. The van der Waals surface area contributed by atoms with E-state index in [0.29, 0.717) is 11.7 Å². The molecule has 1 aliphatic rings. The molecule has 2 aromatic rings. The van der Waals surface area contributed by atoms with Crippen molar-refractivity contribution < 1.29 is 4.79 Å². The van der Waals surface area contributed by atoms with E-state index in [9.17, 15) is 4.79 Å². The van der Waals surface area contributed by atoms with Crippen molar-refractivity contribution in [2.24, 2.45) is 0 Å². The van der Waals surface area contributed by atoms with Gasteiger partial charge in [-0.3, -0.25) is 4.79 Å². The van der Waals surface area contributed by atoms with E-state index in [1.54, 1.807) is 5.38 Å². The molecular formula is C14H15N3OS. The first-order valence-electron chi connectivity index (χ1n) is 6.35. The fourth-order valence-corrected chi connectivity index (χ4v) is 2.41. The van der Waals surface area contributed by atoms with Crippen molar-refractivity contribution in [3.05, 3.63) is 47.0 Å². The Morgan fingerprint density at radius 1 is 1.32 bits per heavy atom. The second-order valence-corrected chi connectivity index (χ2v) is 5.48. The van der Waals surface area contributed by atoms with Gasteiger partial charge in [0.1, 0.15) is 5.69 Å². The van der Waals surface area contributed by atoms with Crippen LogP contribution in [-0.4, -0.2) is 16.9 Å². The Morgan fingerprint density at radius 3 is 2.84 bits per heavy atom. The van der Waals surface area contributed by atoms with Crippen LogP contribution in [0.2, 0.25) is 0 Å². The van der Waals surface area contributed by atoms with Gasteiger partial charge in [-0.15, -0.1) is 11.3 Å². The topological polar surface area (TPSA) is 54.0 Å². The third-order valence-electron chi connectivity index (χ3n) is 2.94. The molecule has 0 aliphatic heterocycles. The molecule has 1 heterocycles. The summed E-state index contributed by atoms with van der Waals surface area (Å²) in [7, 11) is 0. The van der Waals surface area contributed by atoms with Crippen molar-refractivity contribution in [1.82, 2.24) is 10.3 Å². The maximum atomic E-state index is 11.8. The molecule has 1 saturated carbocycles. The second-order valence-electron chi connectivity index (χ2n) is 4.62. The average molecular weight is 273 g/mol. The molecule has 1 aliphatic carbocycles. The van der Waals surface area contributed by atoms with Gasteiger partial charge in [0, 0.05) is 18.0 Å². The van der Waals surface area contributed by atoms with Gasteiger partial charge in [0.25, 0.3) is 5.91 Å². The van der Waals surface area contributed by atoms with E-state index in [0.717, 1.165) is 24.5 Å². The highest BCUT2D eigenvalue weighted by Crippen LogP contribution is 2.21. The minimum absolute atomic E-state index is 0.0634. The molecular weight excluding hydrogens is 258 g/mol. The quantitative estimate of drug-likeness (QED) is 0.880. The van der Waals surface area contributed by atoms with Crippen LogP contribution in [0.3, 0.4) is 0 Å². The summed E-state index contributed by atoms with van der Waals surface area (Å²) >= 11 is 1.46. The minimum atomic E-state index is -0.0634. The molecule has 0 spiro atoms. The molecule has 0 atom stereocenters. The molecule has 2 N–H and O–H groups in total. The van der Waals surface area contributed by atoms with Crippen LogP contribution in [0.25, 0.3) is 0 Å². The molecule has 1 fully saturated rings. The van der Waals surface area contributed by atoms with Gasteiger partial charge in [0.05, 0.1) is 0 Å². The summed E-state index contributed by atoms with van der Waals surface area (Å²) in [5.74, 6) is -0.0634. The largest absolute Gasteiger partial charge is 0.357 e. The van der Waals surface area contributed by atoms with Crippen molar-refractivity contribution in [1.29, 1.82) is 0 Å². The van der Waals surface area contributed by atoms with Gasteiger partial charge in [-0.05, 0) is 18.4 Å². The van der Waals surface area contributed by atoms with Gasteiger partial charge < -0.3 is 10.6 Å². The molecule has 5 heteroatoms. The Morgan fingerprint density at radius 2 is 2.11 bits per heavy atom. The molecule has 1 aromatic heterocycles. The van der Waals surface area contributed by atoms with Crippen molar-refractivity contribution in [3.8, 4) is 0 Å². The fraction of sp³-hybridized carbons (Fsp3) is 0.286. The summed E-state index contributed by atoms with van der Waals surface area (Å²) in [5, 5.41) is 8.75. The number of nitrogens with zero attached hydrogens (tertiary/aromatic N) is 1. The number of anilines is 1. The highest BCUT2D eigenvalue weighted by molar-refractivity contribution is 7.13. The lowest BCUT2D eigenvalue weighted by molar-refractivity contribution is 0.0947. The van der Waals surface area contributed by atoms with Crippen LogP contribution < -0.4 is 10.6 Å². The first kappa shape index (κ1) is 12.2. The monoisotopic (exact) mass is 273 g/mol. The smallest absolute Gasteiger partial charge is 0.271 e. The Hall–Kier alpha value is -1.88. The Kier molecular flexibility index (Phi) is 3.46. The summed E-state index contributed by atoms with van der Waals surface area (Å²) in [4.78, 5) is 16.1. The van der Waals surface area contributed by atoms with E-state index in [2.05, 4.69) is 27.8 Å². The van der Waals surface area contributed by atoms with E-state index >= 15 is 0 Å². The van der Waals surface area contributed by atoms with Crippen molar-refractivity contribution in [2.75, 3.05) is 5.32 Å². The van der Waals surface area contributed by atoms with Crippen molar-refractivity contribution in [2.45, 2.75) is 25.4 Å². The highest BCUT2D eigenvalue weighted by atomic mass is 32.1. The second kappa shape index (κ2) is 5.40. The lowest BCUT2D eigenvalue weighted by Gasteiger charge is -2.02. The van der Waals surface area contributed by atoms with E-state index in [-0.39, 0.29) is 5.91 Å². The third-order valence-corrected chi connectivity index (χ3v) is 3.74. The van der Waals surface area contributed by atoms with E-state index < -0.39 is 0 Å². The zero-order chi connectivity index (χ0) is 13.1. The predicted octanol–water partition coefficient (Wildman–Crippen LogP) is 2.65. The number of carbonyl (C=O) groups excluding carboxylic acids is 1. The highest BCUT2D eigenvalue weighted by Gasteiger charge is 2.24. The molecule has 0 saturated heterocycles. The molecule has 1 aromatic carbocycles. The van der Waals surface area contributed by atoms with Gasteiger partial charge in [-0.1, -0.05) is 30.3 Å². The van der Waals surface area contributed by atoms with Gasteiger partial charge in [-0.25, -0.2) is 4.98 Å². The van der Waals surface area contributed by atoms with Gasteiger partial charge >= 0.3 is 0 Å². The maximum absolute atomic E-state index is 11.8. The number of carbonyl (C=O) groups is 1. The fourth-order valence-electron chi connectivity index (χ4n) is 1.72. The third kappa shape index (κ3) is 3.32. The van der Waals surface area contributed by atoms with Gasteiger partial charge in [-0.2, -0.15) is 0 Å². The summed E-state index contributed by atoms with van der Waals surface area (Å²) in [5.41, 5.74) is 1.70. The van der Waals surface area contributed by atoms with Crippen LogP contribution in [0.5, 0.6) is 0 Å². The zero-order valence-corrected chi connectivity index (χ0v) is 11.2. The van der Waals surface area contributed by atoms with Crippen LogP contribution in [0, 0.1) is 0 Å². The van der Waals surface area contributed by atoms with Crippen LogP contribution in [0.15, 0.2) is 35.7 Å². The first-order chi connectivity index (χ1) is 9.31. The summed E-state index contributed by atoms with van der Waals surface area (Å²) in [6, 6.07) is 10.5. The number of amides is 1. The van der Waals surface area contributed by atoms with Gasteiger partial charge in [0.15, 0.2) is 5.13 Å². The maximum Gasteiger partial charge on any atom is 0.271 e. The molecule has 0 bridgehead atoms. The Labute approximate surface area is 115 Å². The number of benzene rings is 1. The minimum Gasteiger partial charge on any atom is -0.357 e. The molecule has 1 amide bonds. The van der Waals surface area contributed by atoms with Crippen LogP contribution >= 0.6 is 11.3 Å². The normalized spacial score (nSPS) is 14.1. The molecule has 0 radical (unpaired) electrons. The number of hydrogen-bond acceptors (Lipinski definition) is 4. The van der Waals surface area contributed by atoms with E-state index in [1.807, 2.05) is 18.2 Å². The van der Waals surface area contributed by atoms with Crippen molar-refractivity contribution in [3.63, 3.8) is 0 Å². The van der Waals surface area contributed by atoms with Gasteiger partial charge in [0.2, 0.25) is 0 Å². The zero-order valence-electron chi connectivity index (χ0n) is 10.4. The van der Waals surface area contributed by atoms with Crippen LogP contribution in [-0.2, 0) is 6.54 Å². The van der Waals surface area contributed by atoms with Crippen LogP contribution in [0.4, 0.5) is 5.13 Å². The molecule has 19 heavy (non-hydrogen) atoms. The van der Waals surface area contributed by atoms with E-state index in [4.69, 9.17) is 0 Å². The Bertz CT molecular complexity index is 563. The number of rotatable bonds is 5. The standard InChI is InChI=1S/C14H15N3OS/c18-13(16-11-6-7-11)12-9-19-14(17-12)15-8-10-4-2-1-3-5-10/h1-5,9,11H,6-8H2,(H,15,17)(H,16,18). The molecule has 4 nitrogen and oxygen atoms in total. The average Bonchev–Trinajstić information content (AvgIpc) is 3.12. The molecule has 98 valence electrons. The molecule has 0 unspecified atom stereocenters. The predicted molar refractivity (Wildman–Crippen MR) is 76.4 cm³/mol. The number of hydrogen-bond donors (Lipinski definition) is 2. The van der Waals surface area contributed by atoms with Crippen molar-refractivity contribution >= 4 is 22.4 Å². The summed E-state index contributed by atoms with van der Waals surface area (Å²) in [6.45, 7) is 0.720. The van der Waals surface area contributed by atoms with Crippen LogP contribution in [0.1, 0.15) is 28.9 Å². The number of thiazole rings is 1. The number of aromatic nitrogens is 1.